The highest BCUT2D eigenvalue weighted by atomic mass is 16.5. The quantitative estimate of drug-likeness (QED) is 0.667. The van der Waals surface area contributed by atoms with Crippen LogP contribution in [0.5, 0.6) is 0 Å². The zero-order valence-electron chi connectivity index (χ0n) is 16.3. The van der Waals surface area contributed by atoms with Crippen LogP contribution >= 0.6 is 0 Å². The van der Waals surface area contributed by atoms with Gasteiger partial charge in [-0.05, 0) is 42.9 Å². The minimum absolute atomic E-state index is 0.137. The van der Waals surface area contributed by atoms with Crippen molar-refractivity contribution in [2.75, 3.05) is 32.8 Å². The predicted molar refractivity (Wildman–Crippen MR) is 108 cm³/mol. The maximum atomic E-state index is 5.45. The van der Waals surface area contributed by atoms with Gasteiger partial charge in [-0.25, -0.2) is 4.98 Å². The number of rotatable bonds is 7. The van der Waals surface area contributed by atoms with Crippen molar-refractivity contribution < 1.29 is 4.74 Å². The van der Waals surface area contributed by atoms with Gasteiger partial charge in [0.05, 0.1) is 19.4 Å². The Labute approximate surface area is 160 Å². The molecule has 2 N–H and O–H groups in total. The van der Waals surface area contributed by atoms with Gasteiger partial charge in [0.25, 0.3) is 0 Å². The maximum Gasteiger partial charge on any atom is 0.137 e. The second-order valence-electron chi connectivity index (χ2n) is 7.78. The molecule has 0 amide bonds. The molecule has 1 unspecified atom stereocenters. The minimum atomic E-state index is 0.137. The lowest BCUT2D eigenvalue weighted by Crippen LogP contribution is -2.37. The fraction of sp³-hybridized carbons (Fsp3) is 0.524. The second-order valence-corrected chi connectivity index (χ2v) is 7.78. The number of hydrogen-bond donors (Lipinski definition) is 2. The first-order valence-corrected chi connectivity index (χ1v) is 9.96. The van der Waals surface area contributed by atoms with E-state index in [9.17, 15) is 0 Å². The molecule has 1 aliphatic heterocycles. The molecule has 4 rings (SSSR count). The Hall–Kier alpha value is -2.18. The SMILES string of the molecule is CCC(C)(CCCN1CCOCC1)c1cnc2[nH]cc(-c3cn[nH]c3)c2c1. The number of morpholine rings is 1. The molecule has 0 aromatic carbocycles. The minimum Gasteiger partial charge on any atom is -0.379 e. The third-order valence-corrected chi connectivity index (χ3v) is 6.12. The summed E-state index contributed by atoms with van der Waals surface area (Å²) in [5.41, 5.74) is 4.63. The number of nitrogens with one attached hydrogen (secondary N) is 2. The number of ether oxygens (including phenoxy) is 1. The van der Waals surface area contributed by atoms with Crippen molar-refractivity contribution in [3.63, 3.8) is 0 Å². The first-order chi connectivity index (χ1) is 13.2. The zero-order chi connectivity index (χ0) is 18.7. The second kappa shape index (κ2) is 7.82. The van der Waals surface area contributed by atoms with E-state index < -0.39 is 0 Å². The molecule has 1 aliphatic rings. The highest BCUT2D eigenvalue weighted by Gasteiger charge is 2.26. The summed E-state index contributed by atoms with van der Waals surface area (Å²) < 4.78 is 5.45. The van der Waals surface area contributed by atoms with Gasteiger partial charge in [-0.3, -0.25) is 10.00 Å². The summed E-state index contributed by atoms with van der Waals surface area (Å²) in [7, 11) is 0. The molecule has 0 radical (unpaired) electrons. The van der Waals surface area contributed by atoms with Crippen LogP contribution in [-0.4, -0.2) is 57.9 Å². The van der Waals surface area contributed by atoms with E-state index in [2.05, 4.69) is 46.2 Å². The van der Waals surface area contributed by atoms with Crippen LogP contribution in [-0.2, 0) is 10.2 Å². The number of aromatic amines is 2. The van der Waals surface area contributed by atoms with Crippen LogP contribution in [0.4, 0.5) is 0 Å². The molecule has 4 heterocycles. The van der Waals surface area contributed by atoms with Gasteiger partial charge in [-0.15, -0.1) is 0 Å². The first kappa shape index (κ1) is 18.2. The van der Waals surface area contributed by atoms with Crippen LogP contribution in [0.2, 0.25) is 0 Å². The lowest BCUT2D eigenvalue weighted by molar-refractivity contribution is 0.0364. The molecule has 1 atom stereocenters. The topological polar surface area (TPSA) is 69.8 Å². The molecule has 1 saturated heterocycles. The molecule has 0 spiro atoms. The Bertz CT molecular complexity index is 866. The van der Waals surface area contributed by atoms with Crippen molar-refractivity contribution >= 4 is 11.0 Å². The molecule has 1 fully saturated rings. The van der Waals surface area contributed by atoms with Gasteiger partial charge >= 0.3 is 0 Å². The van der Waals surface area contributed by atoms with E-state index in [1.807, 2.05) is 18.6 Å². The largest absolute Gasteiger partial charge is 0.379 e. The Morgan fingerprint density at radius 2 is 2.07 bits per heavy atom. The molecule has 6 nitrogen and oxygen atoms in total. The lowest BCUT2D eigenvalue weighted by atomic mass is 9.76. The molecule has 0 aliphatic carbocycles. The fourth-order valence-corrected chi connectivity index (χ4v) is 4.01. The Morgan fingerprint density at radius 1 is 1.22 bits per heavy atom. The van der Waals surface area contributed by atoms with Crippen LogP contribution in [0.15, 0.2) is 30.9 Å². The summed E-state index contributed by atoms with van der Waals surface area (Å²) in [4.78, 5) is 10.5. The van der Waals surface area contributed by atoms with Gasteiger partial charge in [0, 0.05) is 48.2 Å². The van der Waals surface area contributed by atoms with Gasteiger partial charge in [0.1, 0.15) is 5.65 Å². The molecular formula is C21H29N5O. The normalized spacial score (nSPS) is 18.0. The highest BCUT2D eigenvalue weighted by molar-refractivity contribution is 5.93. The standard InChI is InChI=1S/C21H29N5O/c1-3-21(2,5-4-6-26-7-9-27-10-8-26)17-11-18-19(16-12-24-25-13-16)15-23-20(18)22-14-17/h11-15H,3-10H2,1-2H3,(H,22,23)(H,24,25). The Morgan fingerprint density at radius 3 is 2.81 bits per heavy atom. The number of H-pyrrole nitrogens is 2. The van der Waals surface area contributed by atoms with Crippen molar-refractivity contribution in [3.8, 4) is 11.1 Å². The molecule has 6 heteroatoms. The van der Waals surface area contributed by atoms with Crippen LogP contribution in [0, 0.1) is 0 Å². The predicted octanol–water partition coefficient (Wildman–Crippen LogP) is 3.73. The Balaban J connectivity index is 1.53. The lowest BCUT2D eigenvalue weighted by Gasteiger charge is -2.31. The van der Waals surface area contributed by atoms with E-state index in [0.717, 1.165) is 56.0 Å². The van der Waals surface area contributed by atoms with Crippen molar-refractivity contribution in [1.29, 1.82) is 0 Å². The van der Waals surface area contributed by atoms with Crippen LogP contribution in [0.25, 0.3) is 22.2 Å². The summed E-state index contributed by atoms with van der Waals surface area (Å²) in [6.45, 7) is 9.68. The van der Waals surface area contributed by atoms with E-state index in [-0.39, 0.29) is 5.41 Å². The fourth-order valence-electron chi connectivity index (χ4n) is 4.01. The summed E-state index contributed by atoms with van der Waals surface area (Å²) in [6.07, 6.45) is 11.3. The summed E-state index contributed by atoms with van der Waals surface area (Å²) >= 11 is 0. The number of fused-ring (bicyclic) bond motifs is 1. The molecule has 0 bridgehead atoms. The number of hydrogen-bond acceptors (Lipinski definition) is 4. The van der Waals surface area contributed by atoms with Crippen molar-refractivity contribution in [2.45, 2.75) is 38.5 Å². The van der Waals surface area contributed by atoms with E-state index in [4.69, 9.17) is 9.72 Å². The maximum absolute atomic E-state index is 5.45. The van der Waals surface area contributed by atoms with E-state index >= 15 is 0 Å². The van der Waals surface area contributed by atoms with E-state index in [1.165, 1.54) is 23.8 Å². The molecule has 27 heavy (non-hydrogen) atoms. The van der Waals surface area contributed by atoms with Crippen LogP contribution in [0.3, 0.4) is 0 Å². The molecule has 3 aromatic heterocycles. The van der Waals surface area contributed by atoms with Gasteiger partial charge in [0.15, 0.2) is 0 Å². The van der Waals surface area contributed by atoms with Crippen molar-refractivity contribution in [3.05, 3.63) is 36.4 Å². The molecule has 3 aromatic rings. The van der Waals surface area contributed by atoms with Crippen molar-refractivity contribution in [2.24, 2.45) is 0 Å². The third kappa shape index (κ3) is 3.77. The van der Waals surface area contributed by atoms with Crippen molar-refractivity contribution in [1.82, 2.24) is 25.1 Å². The Kier molecular flexibility index (Phi) is 5.27. The zero-order valence-corrected chi connectivity index (χ0v) is 16.3. The highest BCUT2D eigenvalue weighted by Crippen LogP contribution is 2.36. The number of nitrogens with zero attached hydrogens (tertiary/aromatic N) is 3. The molecular weight excluding hydrogens is 338 g/mol. The summed E-state index contributed by atoms with van der Waals surface area (Å²) in [5.74, 6) is 0. The molecule has 144 valence electrons. The average molecular weight is 367 g/mol. The molecule has 0 saturated carbocycles. The van der Waals surface area contributed by atoms with Crippen LogP contribution < -0.4 is 0 Å². The average Bonchev–Trinajstić information content (AvgIpc) is 3.37. The van der Waals surface area contributed by atoms with Crippen LogP contribution in [0.1, 0.15) is 38.7 Å². The number of aromatic nitrogens is 4. The van der Waals surface area contributed by atoms with Gasteiger partial charge in [-0.2, -0.15) is 5.10 Å². The van der Waals surface area contributed by atoms with Gasteiger partial charge in [-0.1, -0.05) is 13.8 Å². The summed E-state index contributed by atoms with van der Waals surface area (Å²) in [6, 6.07) is 2.32. The first-order valence-electron chi connectivity index (χ1n) is 9.96. The number of pyridine rings is 1. The summed E-state index contributed by atoms with van der Waals surface area (Å²) in [5, 5.41) is 8.15. The van der Waals surface area contributed by atoms with Gasteiger partial charge < -0.3 is 9.72 Å². The third-order valence-electron chi connectivity index (χ3n) is 6.12. The van der Waals surface area contributed by atoms with Gasteiger partial charge in [0.2, 0.25) is 0 Å². The van der Waals surface area contributed by atoms with E-state index in [0.29, 0.717) is 0 Å². The monoisotopic (exact) mass is 367 g/mol. The smallest absolute Gasteiger partial charge is 0.137 e. The van der Waals surface area contributed by atoms with E-state index in [1.54, 1.807) is 0 Å².